The molecule has 0 spiro atoms. The summed E-state index contributed by atoms with van der Waals surface area (Å²) in [6, 6.07) is 12.8. The third-order valence-electron chi connectivity index (χ3n) is 2.85. The number of hydrogen-bond donors (Lipinski definition) is 0. The van der Waals surface area contributed by atoms with Crippen LogP contribution in [0.25, 0.3) is 0 Å². The standard InChI is InChI=1S/C16H13IO4/c1-20-16(19)12-7-13(9-18)15(14(17)8-12)21-10-11-5-3-2-4-6-11/h2-9H,10H2,1H3. The number of carbonyl (C=O) groups excluding carboxylic acids is 2. The lowest BCUT2D eigenvalue weighted by atomic mass is 10.1. The fraction of sp³-hybridized carbons (Fsp3) is 0.125. The van der Waals surface area contributed by atoms with Gasteiger partial charge in [0.2, 0.25) is 0 Å². The quantitative estimate of drug-likeness (QED) is 0.441. The molecule has 0 aliphatic rings. The summed E-state index contributed by atoms with van der Waals surface area (Å²) < 4.78 is 11.1. The van der Waals surface area contributed by atoms with Gasteiger partial charge in [-0.3, -0.25) is 4.79 Å². The Hall–Kier alpha value is -1.89. The molecule has 0 saturated carbocycles. The molecule has 4 nitrogen and oxygen atoms in total. The molecule has 0 fully saturated rings. The van der Waals surface area contributed by atoms with Gasteiger partial charge in [0.15, 0.2) is 6.29 Å². The third-order valence-corrected chi connectivity index (χ3v) is 3.65. The average Bonchev–Trinajstić information content (AvgIpc) is 2.53. The highest BCUT2D eigenvalue weighted by Gasteiger charge is 2.15. The van der Waals surface area contributed by atoms with Crippen molar-refractivity contribution in [3.8, 4) is 5.75 Å². The summed E-state index contributed by atoms with van der Waals surface area (Å²) in [5.74, 6) is -0.00673. The SMILES string of the molecule is COC(=O)c1cc(I)c(OCc2ccccc2)c(C=O)c1. The molecule has 0 bridgehead atoms. The summed E-state index contributed by atoms with van der Waals surface area (Å²) >= 11 is 2.04. The van der Waals surface area contributed by atoms with Crippen molar-refractivity contribution >= 4 is 34.8 Å². The van der Waals surface area contributed by atoms with Crippen LogP contribution in [0.1, 0.15) is 26.3 Å². The number of rotatable bonds is 5. The van der Waals surface area contributed by atoms with Gasteiger partial charge in [0.05, 0.1) is 21.8 Å². The van der Waals surface area contributed by atoms with Crippen LogP contribution in [-0.4, -0.2) is 19.4 Å². The zero-order valence-corrected chi connectivity index (χ0v) is 13.5. The van der Waals surface area contributed by atoms with Gasteiger partial charge in [0.25, 0.3) is 0 Å². The summed E-state index contributed by atoms with van der Waals surface area (Å²) in [5, 5.41) is 0. The lowest BCUT2D eigenvalue weighted by Crippen LogP contribution is -2.06. The number of ether oxygens (including phenoxy) is 2. The molecular weight excluding hydrogens is 383 g/mol. The first-order valence-corrected chi connectivity index (χ1v) is 7.27. The Morgan fingerprint density at radius 2 is 1.95 bits per heavy atom. The van der Waals surface area contributed by atoms with Crippen LogP contribution in [0.4, 0.5) is 0 Å². The summed E-state index contributed by atoms with van der Waals surface area (Å²) in [4.78, 5) is 22.8. The number of esters is 1. The molecular formula is C16H13IO4. The Morgan fingerprint density at radius 1 is 1.24 bits per heavy atom. The number of halogens is 1. The van der Waals surface area contributed by atoms with Crippen LogP contribution in [0.15, 0.2) is 42.5 Å². The molecule has 0 amide bonds. The van der Waals surface area contributed by atoms with Gasteiger partial charge >= 0.3 is 5.97 Å². The van der Waals surface area contributed by atoms with Crippen molar-refractivity contribution in [1.82, 2.24) is 0 Å². The maximum atomic E-state index is 11.5. The van der Waals surface area contributed by atoms with Crippen LogP contribution in [-0.2, 0) is 11.3 Å². The van der Waals surface area contributed by atoms with Crippen LogP contribution in [0, 0.1) is 3.57 Å². The Balaban J connectivity index is 2.27. The molecule has 0 aliphatic carbocycles. The van der Waals surface area contributed by atoms with Crippen molar-refractivity contribution in [3.63, 3.8) is 0 Å². The van der Waals surface area contributed by atoms with E-state index < -0.39 is 5.97 Å². The van der Waals surface area contributed by atoms with Crippen LogP contribution < -0.4 is 4.74 Å². The van der Waals surface area contributed by atoms with Crippen molar-refractivity contribution in [2.24, 2.45) is 0 Å². The highest BCUT2D eigenvalue weighted by atomic mass is 127. The molecule has 2 aromatic carbocycles. The number of methoxy groups -OCH3 is 1. The number of carbonyl (C=O) groups is 2. The van der Waals surface area contributed by atoms with E-state index in [1.165, 1.54) is 13.2 Å². The van der Waals surface area contributed by atoms with Crippen LogP contribution in [0.2, 0.25) is 0 Å². The summed E-state index contributed by atoms with van der Waals surface area (Å²) in [5.41, 5.74) is 1.66. The molecule has 21 heavy (non-hydrogen) atoms. The number of aldehydes is 1. The fourth-order valence-electron chi connectivity index (χ4n) is 1.82. The lowest BCUT2D eigenvalue weighted by molar-refractivity contribution is 0.0600. The maximum Gasteiger partial charge on any atom is 0.337 e. The molecule has 0 unspecified atom stereocenters. The molecule has 0 aliphatic heterocycles. The van der Waals surface area contributed by atoms with Crippen molar-refractivity contribution < 1.29 is 19.1 Å². The van der Waals surface area contributed by atoms with Gasteiger partial charge in [-0.2, -0.15) is 0 Å². The molecule has 0 N–H and O–H groups in total. The monoisotopic (exact) mass is 396 g/mol. The van der Waals surface area contributed by atoms with E-state index in [1.807, 2.05) is 52.9 Å². The first kappa shape index (κ1) is 15.5. The predicted molar refractivity (Wildman–Crippen MR) is 86.7 cm³/mol. The largest absolute Gasteiger partial charge is 0.487 e. The molecule has 0 aromatic heterocycles. The van der Waals surface area contributed by atoms with E-state index in [4.69, 9.17) is 4.74 Å². The molecule has 0 radical (unpaired) electrons. The zero-order valence-electron chi connectivity index (χ0n) is 11.3. The average molecular weight is 396 g/mol. The first-order chi connectivity index (χ1) is 10.2. The second-order valence-corrected chi connectivity index (χ2v) is 5.42. The number of benzene rings is 2. The third kappa shape index (κ3) is 3.81. The molecule has 2 aromatic rings. The minimum Gasteiger partial charge on any atom is -0.487 e. The highest BCUT2D eigenvalue weighted by molar-refractivity contribution is 14.1. The van der Waals surface area contributed by atoms with Crippen molar-refractivity contribution in [2.45, 2.75) is 6.61 Å². The van der Waals surface area contributed by atoms with E-state index in [0.717, 1.165) is 5.56 Å². The van der Waals surface area contributed by atoms with Crippen LogP contribution in [0.5, 0.6) is 5.75 Å². The topological polar surface area (TPSA) is 52.6 Å². The predicted octanol–water partition coefficient (Wildman–Crippen LogP) is 3.47. The fourth-order valence-corrected chi connectivity index (χ4v) is 2.62. The first-order valence-electron chi connectivity index (χ1n) is 6.19. The molecule has 0 saturated heterocycles. The Kier molecular flexibility index (Phi) is 5.32. The zero-order chi connectivity index (χ0) is 15.2. The van der Waals surface area contributed by atoms with E-state index in [0.29, 0.717) is 33.3 Å². The summed E-state index contributed by atoms with van der Waals surface area (Å²) in [7, 11) is 1.30. The van der Waals surface area contributed by atoms with Gasteiger partial charge in [0.1, 0.15) is 12.4 Å². The second-order valence-electron chi connectivity index (χ2n) is 4.26. The second kappa shape index (κ2) is 7.21. The minimum absolute atomic E-state index is 0.330. The van der Waals surface area contributed by atoms with Crippen LogP contribution in [0.3, 0.4) is 0 Å². The van der Waals surface area contributed by atoms with Crippen molar-refractivity contribution in [3.05, 3.63) is 62.7 Å². The van der Waals surface area contributed by atoms with E-state index in [2.05, 4.69) is 4.74 Å². The highest BCUT2D eigenvalue weighted by Crippen LogP contribution is 2.27. The van der Waals surface area contributed by atoms with Gasteiger partial charge in [0, 0.05) is 0 Å². The lowest BCUT2D eigenvalue weighted by Gasteiger charge is -2.12. The Bertz CT molecular complexity index is 653. The van der Waals surface area contributed by atoms with Gasteiger partial charge in [-0.15, -0.1) is 0 Å². The molecule has 5 heteroatoms. The van der Waals surface area contributed by atoms with Gasteiger partial charge in [-0.25, -0.2) is 4.79 Å². The van der Waals surface area contributed by atoms with E-state index >= 15 is 0 Å². The molecule has 0 atom stereocenters. The van der Waals surface area contributed by atoms with E-state index in [1.54, 1.807) is 6.07 Å². The van der Waals surface area contributed by atoms with Gasteiger partial charge < -0.3 is 9.47 Å². The molecule has 0 heterocycles. The smallest absolute Gasteiger partial charge is 0.337 e. The normalized spacial score (nSPS) is 10.0. The molecule has 2 rings (SSSR count). The number of hydrogen-bond acceptors (Lipinski definition) is 4. The van der Waals surface area contributed by atoms with Crippen molar-refractivity contribution in [1.29, 1.82) is 0 Å². The minimum atomic E-state index is -0.481. The Labute approximate surface area is 136 Å². The molecule has 108 valence electrons. The van der Waals surface area contributed by atoms with E-state index in [9.17, 15) is 9.59 Å². The maximum absolute atomic E-state index is 11.5. The van der Waals surface area contributed by atoms with Crippen LogP contribution >= 0.6 is 22.6 Å². The summed E-state index contributed by atoms with van der Waals surface area (Å²) in [6.07, 6.45) is 0.676. The van der Waals surface area contributed by atoms with E-state index in [-0.39, 0.29) is 0 Å². The Morgan fingerprint density at radius 3 is 2.57 bits per heavy atom. The van der Waals surface area contributed by atoms with Gasteiger partial charge in [-0.05, 0) is 40.3 Å². The van der Waals surface area contributed by atoms with Gasteiger partial charge in [-0.1, -0.05) is 30.3 Å². The van der Waals surface area contributed by atoms with Crippen molar-refractivity contribution in [2.75, 3.05) is 7.11 Å². The summed E-state index contributed by atoms with van der Waals surface area (Å²) in [6.45, 7) is 0.356.